The molecule has 0 saturated heterocycles. The van der Waals surface area contributed by atoms with Crippen LogP contribution < -0.4 is 5.32 Å². The Morgan fingerprint density at radius 2 is 2.14 bits per heavy atom. The van der Waals surface area contributed by atoms with Crippen LogP contribution in [0.5, 0.6) is 0 Å². The van der Waals surface area contributed by atoms with Gasteiger partial charge in [-0.05, 0) is 31.5 Å². The average molecular weight is 317 g/mol. The van der Waals surface area contributed by atoms with Crippen molar-refractivity contribution in [1.82, 2.24) is 9.88 Å². The minimum absolute atomic E-state index is 0.00637. The molecule has 1 fully saturated rings. The van der Waals surface area contributed by atoms with E-state index in [-0.39, 0.29) is 18.6 Å². The zero-order valence-corrected chi connectivity index (χ0v) is 12.1. The molecule has 1 aliphatic carbocycles. The third kappa shape index (κ3) is 4.09. The van der Waals surface area contributed by atoms with Gasteiger partial charge >= 0.3 is 12.1 Å². The van der Waals surface area contributed by atoms with E-state index in [9.17, 15) is 18.0 Å². The average Bonchev–Trinajstić information content (AvgIpc) is 2.39. The number of nitrogens with one attached hydrogen (secondary N) is 1. The summed E-state index contributed by atoms with van der Waals surface area (Å²) in [4.78, 5) is 16.4. The highest BCUT2D eigenvalue weighted by molar-refractivity contribution is 5.69. The number of carbonyl (C=O) groups is 1. The van der Waals surface area contributed by atoms with Crippen LogP contribution in [0.15, 0.2) is 18.3 Å². The molecule has 0 bridgehead atoms. The van der Waals surface area contributed by atoms with Gasteiger partial charge in [0.2, 0.25) is 0 Å². The number of halogens is 3. The lowest BCUT2D eigenvalue weighted by Gasteiger charge is -2.42. The number of aromatic nitrogens is 1. The fourth-order valence-electron chi connectivity index (χ4n) is 2.53. The van der Waals surface area contributed by atoms with Gasteiger partial charge in [-0.1, -0.05) is 6.92 Å². The van der Waals surface area contributed by atoms with Crippen molar-refractivity contribution in [2.45, 2.75) is 38.0 Å². The first-order valence-corrected chi connectivity index (χ1v) is 7.05. The predicted octanol–water partition coefficient (Wildman–Crippen LogP) is 2.45. The first-order valence-electron chi connectivity index (χ1n) is 7.05. The van der Waals surface area contributed by atoms with Gasteiger partial charge in [0, 0.05) is 18.3 Å². The van der Waals surface area contributed by atoms with Gasteiger partial charge in [0.15, 0.2) is 0 Å². The molecule has 0 unspecified atom stereocenters. The van der Waals surface area contributed by atoms with Crippen molar-refractivity contribution in [3.63, 3.8) is 0 Å². The molecule has 1 aromatic rings. The van der Waals surface area contributed by atoms with Crippen molar-refractivity contribution >= 4 is 11.8 Å². The summed E-state index contributed by atoms with van der Waals surface area (Å²) in [5.74, 6) is -0.458. The van der Waals surface area contributed by atoms with Crippen LogP contribution in [0.2, 0.25) is 0 Å². The molecule has 1 aromatic heterocycles. The summed E-state index contributed by atoms with van der Waals surface area (Å²) >= 11 is 0. The van der Waals surface area contributed by atoms with Crippen LogP contribution in [-0.4, -0.2) is 46.1 Å². The second-order valence-corrected chi connectivity index (χ2v) is 5.35. The zero-order valence-electron chi connectivity index (χ0n) is 12.1. The standard InChI is InChI=1S/C14H18F3N3O2/c1-2-20(8-13(21)22)11-5-10(6-11)19-12-4-3-9(7-18-12)14(15,16)17/h3-4,7,10-11H,2,5-6,8H2,1H3,(H,18,19)(H,21,22). The Bertz CT molecular complexity index is 513. The van der Waals surface area contributed by atoms with Gasteiger partial charge in [0.05, 0.1) is 12.1 Å². The van der Waals surface area contributed by atoms with Crippen molar-refractivity contribution in [2.75, 3.05) is 18.4 Å². The number of carboxylic acids is 1. The van der Waals surface area contributed by atoms with E-state index in [1.54, 1.807) is 0 Å². The minimum atomic E-state index is -4.38. The zero-order chi connectivity index (χ0) is 16.3. The largest absolute Gasteiger partial charge is 0.480 e. The summed E-state index contributed by atoms with van der Waals surface area (Å²) in [6.07, 6.45) is -2.07. The van der Waals surface area contributed by atoms with Gasteiger partial charge in [0.1, 0.15) is 5.82 Å². The fourth-order valence-corrected chi connectivity index (χ4v) is 2.53. The summed E-state index contributed by atoms with van der Waals surface area (Å²) in [5, 5.41) is 11.9. The van der Waals surface area contributed by atoms with E-state index in [1.807, 2.05) is 11.8 Å². The Balaban J connectivity index is 1.83. The van der Waals surface area contributed by atoms with Crippen molar-refractivity contribution in [3.8, 4) is 0 Å². The number of anilines is 1. The van der Waals surface area contributed by atoms with Gasteiger partial charge in [0.25, 0.3) is 0 Å². The first kappa shape index (κ1) is 16.5. The second kappa shape index (κ2) is 6.51. The Kier molecular flexibility index (Phi) is 4.90. The Labute approximate surface area is 126 Å². The van der Waals surface area contributed by atoms with Gasteiger partial charge < -0.3 is 10.4 Å². The molecule has 0 aromatic carbocycles. The van der Waals surface area contributed by atoms with E-state index in [2.05, 4.69) is 10.3 Å². The lowest BCUT2D eigenvalue weighted by atomic mass is 9.85. The van der Waals surface area contributed by atoms with E-state index in [0.29, 0.717) is 12.4 Å². The Morgan fingerprint density at radius 1 is 1.45 bits per heavy atom. The topological polar surface area (TPSA) is 65.5 Å². The lowest BCUT2D eigenvalue weighted by molar-refractivity contribution is -0.139. The highest BCUT2D eigenvalue weighted by Crippen LogP contribution is 2.31. The number of likely N-dealkylation sites (N-methyl/N-ethyl adjacent to an activating group) is 1. The summed E-state index contributed by atoms with van der Waals surface area (Å²) in [7, 11) is 0. The smallest absolute Gasteiger partial charge is 0.417 e. The summed E-state index contributed by atoms with van der Waals surface area (Å²) in [6, 6.07) is 2.60. The van der Waals surface area contributed by atoms with Crippen molar-refractivity contribution in [2.24, 2.45) is 0 Å². The summed E-state index contributed by atoms with van der Waals surface area (Å²) < 4.78 is 37.3. The quantitative estimate of drug-likeness (QED) is 0.844. The summed E-state index contributed by atoms with van der Waals surface area (Å²) in [5.41, 5.74) is -0.775. The Hall–Kier alpha value is -1.83. The molecular weight excluding hydrogens is 299 g/mol. The second-order valence-electron chi connectivity index (χ2n) is 5.35. The molecule has 1 aliphatic rings. The van der Waals surface area contributed by atoms with E-state index < -0.39 is 17.7 Å². The third-order valence-electron chi connectivity index (χ3n) is 3.82. The molecule has 1 saturated carbocycles. The molecule has 0 amide bonds. The molecule has 122 valence electrons. The maximum atomic E-state index is 12.4. The van der Waals surface area contributed by atoms with Gasteiger partial charge in [-0.2, -0.15) is 13.2 Å². The number of nitrogens with zero attached hydrogens (tertiary/aromatic N) is 2. The van der Waals surface area contributed by atoms with E-state index in [0.717, 1.165) is 25.1 Å². The number of rotatable bonds is 6. The van der Waals surface area contributed by atoms with E-state index in [4.69, 9.17) is 5.11 Å². The molecular formula is C14H18F3N3O2. The van der Waals surface area contributed by atoms with Crippen LogP contribution in [0.4, 0.5) is 19.0 Å². The fraction of sp³-hybridized carbons (Fsp3) is 0.571. The number of aliphatic carboxylic acids is 1. The number of pyridine rings is 1. The van der Waals surface area contributed by atoms with Crippen LogP contribution in [0.25, 0.3) is 0 Å². The van der Waals surface area contributed by atoms with Crippen LogP contribution >= 0.6 is 0 Å². The molecule has 8 heteroatoms. The van der Waals surface area contributed by atoms with Crippen LogP contribution in [0.3, 0.4) is 0 Å². The molecule has 1 heterocycles. The van der Waals surface area contributed by atoms with Crippen LogP contribution in [0, 0.1) is 0 Å². The molecule has 22 heavy (non-hydrogen) atoms. The van der Waals surface area contributed by atoms with Gasteiger partial charge in [-0.15, -0.1) is 0 Å². The monoisotopic (exact) mass is 317 g/mol. The summed E-state index contributed by atoms with van der Waals surface area (Å²) in [6.45, 7) is 2.57. The van der Waals surface area contributed by atoms with Gasteiger partial charge in [-0.3, -0.25) is 9.69 Å². The van der Waals surface area contributed by atoms with Crippen molar-refractivity contribution in [3.05, 3.63) is 23.9 Å². The molecule has 0 spiro atoms. The normalized spacial score (nSPS) is 21.5. The van der Waals surface area contributed by atoms with E-state index >= 15 is 0 Å². The van der Waals surface area contributed by atoms with Crippen LogP contribution in [-0.2, 0) is 11.0 Å². The molecule has 2 N–H and O–H groups in total. The molecule has 0 atom stereocenters. The number of carboxylic acid groups (broad SMARTS) is 1. The van der Waals surface area contributed by atoms with Crippen molar-refractivity contribution in [1.29, 1.82) is 0 Å². The molecule has 0 radical (unpaired) electrons. The minimum Gasteiger partial charge on any atom is -0.480 e. The SMILES string of the molecule is CCN(CC(=O)O)C1CC(Nc2ccc(C(F)(F)F)cn2)C1. The first-order chi connectivity index (χ1) is 10.3. The van der Waals surface area contributed by atoms with E-state index in [1.165, 1.54) is 6.07 Å². The number of alkyl halides is 3. The number of hydrogen-bond acceptors (Lipinski definition) is 4. The molecule has 2 rings (SSSR count). The maximum absolute atomic E-state index is 12.4. The highest BCUT2D eigenvalue weighted by Gasteiger charge is 2.34. The Morgan fingerprint density at radius 3 is 2.59 bits per heavy atom. The third-order valence-corrected chi connectivity index (χ3v) is 3.82. The van der Waals surface area contributed by atoms with Crippen LogP contribution in [0.1, 0.15) is 25.3 Å². The number of hydrogen-bond donors (Lipinski definition) is 2. The predicted molar refractivity (Wildman–Crippen MR) is 74.6 cm³/mol. The maximum Gasteiger partial charge on any atom is 0.417 e. The van der Waals surface area contributed by atoms with Gasteiger partial charge in [-0.25, -0.2) is 4.98 Å². The molecule has 5 nitrogen and oxygen atoms in total. The lowest BCUT2D eigenvalue weighted by Crippen LogP contribution is -2.51. The highest BCUT2D eigenvalue weighted by atomic mass is 19.4. The molecule has 0 aliphatic heterocycles. The van der Waals surface area contributed by atoms with Crippen molar-refractivity contribution < 1.29 is 23.1 Å².